The Bertz CT molecular complexity index is 744. The zero-order valence-corrected chi connectivity index (χ0v) is 12.8. The molecule has 0 saturated carbocycles. The molecule has 22 heavy (non-hydrogen) atoms. The van der Waals surface area contributed by atoms with E-state index >= 15 is 0 Å². The van der Waals surface area contributed by atoms with Crippen LogP contribution in [-0.4, -0.2) is 24.8 Å². The quantitative estimate of drug-likeness (QED) is 0.814. The highest BCUT2D eigenvalue weighted by molar-refractivity contribution is 7.92. The Hall–Kier alpha value is -1.98. The number of pyridine rings is 1. The van der Waals surface area contributed by atoms with E-state index in [0.717, 1.165) is 5.56 Å². The van der Waals surface area contributed by atoms with Crippen molar-refractivity contribution in [2.24, 2.45) is 0 Å². The molecule has 1 aliphatic heterocycles. The monoisotopic (exact) mass is 315 g/mol. The standard InChI is InChI=1S/C17H17NO3S/c1-2-14-11-16(17(21-14)13-7-6-10-18-12-13)22(19,20)15-8-4-3-5-9-15/h2-10,12,14,16-17H,1,11H2/t14-,16+,17-/m0/s1. The van der Waals surface area contributed by atoms with Crippen LogP contribution in [0.15, 0.2) is 72.4 Å². The largest absolute Gasteiger partial charge is 0.365 e. The van der Waals surface area contributed by atoms with E-state index in [0.29, 0.717) is 11.3 Å². The first-order valence-corrected chi connectivity index (χ1v) is 8.64. The molecule has 0 unspecified atom stereocenters. The van der Waals surface area contributed by atoms with Crippen LogP contribution in [0.4, 0.5) is 0 Å². The molecule has 5 heteroatoms. The Morgan fingerprint density at radius 2 is 1.95 bits per heavy atom. The molecule has 3 atom stereocenters. The molecule has 0 spiro atoms. The van der Waals surface area contributed by atoms with Crippen LogP contribution in [0.3, 0.4) is 0 Å². The first-order valence-electron chi connectivity index (χ1n) is 7.10. The molecule has 1 aromatic carbocycles. The molecule has 0 amide bonds. The maximum Gasteiger partial charge on any atom is 0.184 e. The Morgan fingerprint density at radius 3 is 2.59 bits per heavy atom. The highest BCUT2D eigenvalue weighted by Crippen LogP contribution is 2.39. The van der Waals surface area contributed by atoms with E-state index < -0.39 is 21.2 Å². The summed E-state index contributed by atoms with van der Waals surface area (Å²) in [6.07, 6.45) is 4.58. The minimum atomic E-state index is -3.48. The number of benzene rings is 1. The average Bonchev–Trinajstić information content (AvgIpc) is 3.02. The van der Waals surface area contributed by atoms with Gasteiger partial charge in [-0.15, -0.1) is 6.58 Å². The zero-order valence-electron chi connectivity index (χ0n) is 12.0. The molecule has 0 bridgehead atoms. The first-order chi connectivity index (χ1) is 10.6. The van der Waals surface area contributed by atoms with Crippen molar-refractivity contribution in [1.82, 2.24) is 4.98 Å². The van der Waals surface area contributed by atoms with E-state index in [-0.39, 0.29) is 6.10 Å². The highest BCUT2D eigenvalue weighted by atomic mass is 32.2. The highest BCUT2D eigenvalue weighted by Gasteiger charge is 2.43. The van der Waals surface area contributed by atoms with Gasteiger partial charge in [0.2, 0.25) is 0 Å². The number of hydrogen-bond donors (Lipinski definition) is 0. The number of nitrogens with zero attached hydrogens (tertiary/aromatic N) is 1. The minimum Gasteiger partial charge on any atom is -0.365 e. The number of rotatable bonds is 4. The fraction of sp³-hybridized carbons (Fsp3) is 0.235. The third-order valence-corrected chi connectivity index (χ3v) is 6.04. The zero-order chi connectivity index (χ0) is 15.6. The molecular weight excluding hydrogens is 298 g/mol. The van der Waals surface area contributed by atoms with Crippen molar-refractivity contribution in [2.45, 2.75) is 28.8 Å². The maximum atomic E-state index is 12.9. The van der Waals surface area contributed by atoms with E-state index in [1.807, 2.05) is 6.07 Å². The first kappa shape index (κ1) is 14.9. The second kappa shape index (κ2) is 6.02. The van der Waals surface area contributed by atoms with Crippen molar-refractivity contribution in [3.8, 4) is 0 Å². The van der Waals surface area contributed by atoms with Gasteiger partial charge in [-0.25, -0.2) is 8.42 Å². The smallest absolute Gasteiger partial charge is 0.184 e. The lowest BCUT2D eigenvalue weighted by molar-refractivity contribution is 0.0718. The van der Waals surface area contributed by atoms with Gasteiger partial charge in [-0.05, 0) is 24.6 Å². The number of aromatic nitrogens is 1. The predicted molar refractivity (Wildman–Crippen MR) is 84.1 cm³/mol. The molecule has 0 N–H and O–H groups in total. The second-order valence-electron chi connectivity index (χ2n) is 5.25. The van der Waals surface area contributed by atoms with Crippen LogP contribution in [0.1, 0.15) is 18.1 Å². The average molecular weight is 315 g/mol. The normalized spacial score (nSPS) is 25.0. The summed E-state index contributed by atoms with van der Waals surface area (Å²) in [5.74, 6) is 0. The van der Waals surface area contributed by atoms with Gasteiger partial charge in [-0.2, -0.15) is 0 Å². The Balaban J connectivity index is 2.01. The molecule has 3 rings (SSSR count). The van der Waals surface area contributed by atoms with Gasteiger partial charge < -0.3 is 4.74 Å². The summed E-state index contributed by atoms with van der Waals surface area (Å²) >= 11 is 0. The molecule has 0 aliphatic carbocycles. The molecule has 1 saturated heterocycles. The van der Waals surface area contributed by atoms with Crippen LogP contribution < -0.4 is 0 Å². The van der Waals surface area contributed by atoms with Crippen LogP contribution in [0.25, 0.3) is 0 Å². The lowest BCUT2D eigenvalue weighted by Gasteiger charge is -2.19. The molecule has 0 radical (unpaired) electrons. The molecule has 2 heterocycles. The minimum absolute atomic E-state index is 0.270. The molecular formula is C17H17NO3S. The Kier molecular flexibility index (Phi) is 4.09. The van der Waals surface area contributed by atoms with Crippen molar-refractivity contribution in [3.05, 3.63) is 73.1 Å². The Labute approximate surface area is 130 Å². The van der Waals surface area contributed by atoms with Gasteiger partial charge in [-0.1, -0.05) is 30.3 Å². The van der Waals surface area contributed by atoms with Crippen LogP contribution >= 0.6 is 0 Å². The van der Waals surface area contributed by atoms with Crippen molar-refractivity contribution < 1.29 is 13.2 Å². The molecule has 1 aromatic heterocycles. The summed E-state index contributed by atoms with van der Waals surface area (Å²) in [5.41, 5.74) is 0.774. The van der Waals surface area contributed by atoms with E-state index in [9.17, 15) is 8.42 Å². The number of hydrogen-bond acceptors (Lipinski definition) is 4. The molecule has 1 aliphatic rings. The van der Waals surface area contributed by atoms with Gasteiger partial charge >= 0.3 is 0 Å². The van der Waals surface area contributed by atoms with E-state index in [1.165, 1.54) is 0 Å². The summed E-state index contributed by atoms with van der Waals surface area (Å²) < 4.78 is 31.8. The van der Waals surface area contributed by atoms with Gasteiger partial charge in [-0.3, -0.25) is 4.98 Å². The van der Waals surface area contributed by atoms with E-state index in [1.54, 1.807) is 54.9 Å². The third-order valence-electron chi connectivity index (χ3n) is 3.87. The summed E-state index contributed by atoms with van der Waals surface area (Å²) in [4.78, 5) is 4.39. The second-order valence-corrected chi connectivity index (χ2v) is 7.42. The topological polar surface area (TPSA) is 56.3 Å². The van der Waals surface area contributed by atoms with Crippen LogP contribution in [0.5, 0.6) is 0 Å². The summed E-state index contributed by atoms with van der Waals surface area (Å²) in [6.45, 7) is 3.72. The fourth-order valence-corrected chi connectivity index (χ4v) is 4.62. The van der Waals surface area contributed by atoms with Crippen LogP contribution in [0.2, 0.25) is 0 Å². The van der Waals surface area contributed by atoms with Crippen molar-refractivity contribution in [1.29, 1.82) is 0 Å². The van der Waals surface area contributed by atoms with Crippen LogP contribution in [-0.2, 0) is 14.6 Å². The van der Waals surface area contributed by atoms with Crippen molar-refractivity contribution in [3.63, 3.8) is 0 Å². The summed E-state index contributed by atoms with van der Waals surface area (Å²) in [6, 6.07) is 12.1. The van der Waals surface area contributed by atoms with Crippen molar-refractivity contribution in [2.75, 3.05) is 0 Å². The predicted octanol–water partition coefficient (Wildman–Crippen LogP) is 2.94. The summed E-state index contributed by atoms with van der Waals surface area (Å²) in [5, 5.41) is -0.637. The van der Waals surface area contributed by atoms with Crippen molar-refractivity contribution >= 4 is 9.84 Å². The SMILES string of the molecule is C=C[C@H]1C[C@@H](S(=O)(=O)c2ccccc2)[C@H](c2cccnc2)O1. The lowest BCUT2D eigenvalue weighted by atomic mass is 10.1. The number of sulfone groups is 1. The van der Waals surface area contributed by atoms with Gasteiger partial charge in [0.25, 0.3) is 0 Å². The van der Waals surface area contributed by atoms with Gasteiger partial charge in [0, 0.05) is 18.0 Å². The maximum absolute atomic E-state index is 12.9. The molecule has 2 aromatic rings. The van der Waals surface area contributed by atoms with Crippen LogP contribution in [0, 0.1) is 0 Å². The Morgan fingerprint density at radius 1 is 1.18 bits per heavy atom. The summed E-state index contributed by atoms with van der Waals surface area (Å²) in [7, 11) is -3.48. The van der Waals surface area contributed by atoms with Gasteiger partial charge in [0.05, 0.1) is 16.2 Å². The third kappa shape index (κ3) is 2.69. The molecule has 114 valence electrons. The van der Waals surface area contributed by atoms with Gasteiger partial charge in [0.1, 0.15) is 6.10 Å². The molecule has 1 fully saturated rings. The number of ether oxygens (including phenoxy) is 1. The van der Waals surface area contributed by atoms with Gasteiger partial charge in [0.15, 0.2) is 9.84 Å². The molecule has 4 nitrogen and oxygen atoms in total. The van der Waals surface area contributed by atoms with E-state index in [4.69, 9.17) is 4.74 Å². The van der Waals surface area contributed by atoms with E-state index in [2.05, 4.69) is 11.6 Å². The fourth-order valence-electron chi connectivity index (χ4n) is 2.75. The lowest BCUT2D eigenvalue weighted by Crippen LogP contribution is -2.25.